The highest BCUT2D eigenvalue weighted by Crippen LogP contribution is 2.34. The van der Waals surface area contributed by atoms with Crippen LogP contribution in [0, 0.1) is 5.92 Å². The number of benzene rings is 2. The second-order valence-electron chi connectivity index (χ2n) is 11.6. The molecule has 2 N–H and O–H groups in total. The first-order valence-electron chi connectivity index (χ1n) is 15.3. The Kier molecular flexibility index (Phi) is 13.7. The van der Waals surface area contributed by atoms with Crippen molar-refractivity contribution in [2.24, 2.45) is 5.92 Å². The van der Waals surface area contributed by atoms with E-state index in [-0.39, 0.29) is 18.1 Å². The lowest BCUT2D eigenvalue weighted by molar-refractivity contribution is -0.0752. The number of anilines is 1. The molecular weight excluding hydrogens is 552 g/mol. The van der Waals surface area contributed by atoms with Crippen molar-refractivity contribution in [1.82, 2.24) is 5.32 Å². The molecule has 2 aromatic carbocycles. The molecule has 0 bridgehead atoms. The van der Waals surface area contributed by atoms with Gasteiger partial charge in [0.15, 0.2) is 0 Å². The molecule has 0 amide bonds. The summed E-state index contributed by atoms with van der Waals surface area (Å²) in [6.45, 7) is 10.8. The van der Waals surface area contributed by atoms with E-state index in [1.54, 1.807) is 14.0 Å². The summed E-state index contributed by atoms with van der Waals surface area (Å²) in [5.74, 6) is 2.61. The fraction of sp³-hybridized carbons (Fsp3) is 0.636. The standard InChI is InChI=1S/C33H50N2O6S/c1-24(23-42-4)19-38-21-26-6-9-28(10-7-26)33-31(40-20-25(2)36)17-34-18-32(33)41-22-27-8-11-30-29(16-27)35(13-15-39-30)12-5-14-37-3/h6-11,16,24-25,31-34,36H,5,12-15,17-23H2,1-4H3/t24-,25-,31-,32+,33?/m1/s1. The fourth-order valence-electron chi connectivity index (χ4n) is 5.67. The van der Waals surface area contributed by atoms with E-state index in [0.29, 0.717) is 38.9 Å². The van der Waals surface area contributed by atoms with Crippen LogP contribution in [-0.4, -0.2) is 95.1 Å². The predicted molar refractivity (Wildman–Crippen MR) is 170 cm³/mol. The Balaban J connectivity index is 1.44. The van der Waals surface area contributed by atoms with Crippen molar-refractivity contribution in [2.45, 2.75) is 57.7 Å². The summed E-state index contributed by atoms with van der Waals surface area (Å²) in [5.41, 5.74) is 4.58. The summed E-state index contributed by atoms with van der Waals surface area (Å²) in [7, 11) is 1.74. The average molecular weight is 603 g/mol. The van der Waals surface area contributed by atoms with Crippen molar-refractivity contribution >= 4 is 17.4 Å². The van der Waals surface area contributed by atoms with Gasteiger partial charge in [-0.15, -0.1) is 0 Å². The van der Waals surface area contributed by atoms with Crippen molar-refractivity contribution in [1.29, 1.82) is 0 Å². The van der Waals surface area contributed by atoms with Gasteiger partial charge in [0.05, 0.1) is 57.0 Å². The highest BCUT2D eigenvalue weighted by atomic mass is 32.2. The van der Waals surface area contributed by atoms with Crippen molar-refractivity contribution < 1.29 is 28.8 Å². The molecule has 2 heterocycles. The summed E-state index contributed by atoms with van der Waals surface area (Å²) in [4.78, 5) is 2.38. The highest BCUT2D eigenvalue weighted by Gasteiger charge is 2.36. The molecule has 8 nitrogen and oxygen atoms in total. The van der Waals surface area contributed by atoms with Crippen LogP contribution in [0.2, 0.25) is 0 Å². The maximum atomic E-state index is 9.92. The second kappa shape index (κ2) is 17.4. The molecule has 0 aliphatic carbocycles. The van der Waals surface area contributed by atoms with Crippen LogP contribution >= 0.6 is 11.8 Å². The molecule has 2 aliphatic rings. The Morgan fingerprint density at radius 2 is 1.79 bits per heavy atom. The molecule has 234 valence electrons. The Morgan fingerprint density at radius 3 is 2.52 bits per heavy atom. The molecule has 1 unspecified atom stereocenters. The van der Waals surface area contributed by atoms with E-state index in [2.05, 4.69) is 65.9 Å². The molecule has 42 heavy (non-hydrogen) atoms. The van der Waals surface area contributed by atoms with E-state index >= 15 is 0 Å². The van der Waals surface area contributed by atoms with Gasteiger partial charge < -0.3 is 39.0 Å². The first-order chi connectivity index (χ1) is 20.5. The van der Waals surface area contributed by atoms with Gasteiger partial charge in [0.2, 0.25) is 0 Å². The minimum absolute atomic E-state index is 0.0353. The molecule has 1 saturated heterocycles. The number of ether oxygens (including phenoxy) is 5. The molecule has 9 heteroatoms. The van der Waals surface area contributed by atoms with E-state index in [1.807, 2.05) is 11.8 Å². The van der Waals surface area contributed by atoms with Crippen LogP contribution in [0.5, 0.6) is 5.75 Å². The molecule has 1 fully saturated rings. The van der Waals surface area contributed by atoms with Crippen molar-refractivity contribution in [3.8, 4) is 5.75 Å². The van der Waals surface area contributed by atoms with Crippen LogP contribution < -0.4 is 15.0 Å². The number of nitrogens with zero attached hydrogens (tertiary/aromatic N) is 1. The highest BCUT2D eigenvalue weighted by molar-refractivity contribution is 7.98. The number of nitrogens with one attached hydrogen (secondary N) is 1. The number of hydrogen-bond acceptors (Lipinski definition) is 9. The molecule has 5 atom stereocenters. The molecule has 0 radical (unpaired) electrons. The maximum absolute atomic E-state index is 9.92. The number of piperidine rings is 1. The van der Waals surface area contributed by atoms with Crippen LogP contribution in [0.4, 0.5) is 5.69 Å². The monoisotopic (exact) mass is 602 g/mol. The first-order valence-corrected chi connectivity index (χ1v) is 16.6. The maximum Gasteiger partial charge on any atom is 0.142 e. The van der Waals surface area contributed by atoms with Gasteiger partial charge in [0, 0.05) is 39.3 Å². The Hall–Kier alpha value is -1.85. The second-order valence-corrected chi connectivity index (χ2v) is 12.5. The number of aliphatic hydroxyl groups is 1. The van der Waals surface area contributed by atoms with Crippen molar-refractivity contribution in [2.75, 3.05) is 76.6 Å². The molecule has 0 aromatic heterocycles. The van der Waals surface area contributed by atoms with E-state index in [9.17, 15) is 5.11 Å². The molecule has 0 saturated carbocycles. The number of aliphatic hydroxyl groups excluding tert-OH is 1. The third kappa shape index (κ3) is 9.84. The number of methoxy groups -OCH3 is 1. The quantitative estimate of drug-likeness (QED) is 0.255. The van der Waals surface area contributed by atoms with Crippen LogP contribution in [-0.2, 0) is 32.2 Å². The Morgan fingerprint density at radius 1 is 1.02 bits per heavy atom. The zero-order chi connectivity index (χ0) is 29.7. The Labute approximate surface area is 256 Å². The van der Waals surface area contributed by atoms with E-state index in [1.165, 1.54) is 5.56 Å². The van der Waals surface area contributed by atoms with Gasteiger partial charge in [-0.3, -0.25) is 0 Å². The molecule has 0 spiro atoms. The van der Waals surface area contributed by atoms with E-state index < -0.39 is 6.10 Å². The van der Waals surface area contributed by atoms with Gasteiger partial charge in [-0.05, 0) is 60.1 Å². The average Bonchev–Trinajstić information content (AvgIpc) is 2.99. The van der Waals surface area contributed by atoms with Gasteiger partial charge in [-0.2, -0.15) is 11.8 Å². The smallest absolute Gasteiger partial charge is 0.142 e. The SMILES string of the molecule is COCCCN1CCOc2ccc(CO[C@H]3CNC[C@@H](OC[C@@H](C)O)C3c3ccc(COC[C@@H](C)CSC)cc3)cc21. The van der Waals surface area contributed by atoms with Crippen molar-refractivity contribution in [3.05, 3.63) is 59.2 Å². The van der Waals surface area contributed by atoms with Gasteiger partial charge in [0.1, 0.15) is 12.4 Å². The molecular formula is C33H50N2O6S. The molecule has 2 aromatic rings. The fourth-order valence-corrected chi connectivity index (χ4v) is 6.33. The zero-order valence-electron chi connectivity index (χ0n) is 25.8. The van der Waals surface area contributed by atoms with Crippen LogP contribution in [0.25, 0.3) is 0 Å². The van der Waals surface area contributed by atoms with Gasteiger partial charge in [0.25, 0.3) is 0 Å². The number of hydrogen-bond donors (Lipinski definition) is 2. The summed E-state index contributed by atoms with van der Waals surface area (Å²) in [6, 6.07) is 15.0. The number of thioether (sulfide) groups is 1. The third-order valence-corrected chi connectivity index (χ3v) is 8.66. The summed E-state index contributed by atoms with van der Waals surface area (Å²) in [6.07, 6.45) is 2.39. The van der Waals surface area contributed by atoms with E-state index in [4.69, 9.17) is 23.7 Å². The largest absolute Gasteiger partial charge is 0.490 e. The minimum atomic E-state index is -0.524. The van der Waals surface area contributed by atoms with Crippen LogP contribution in [0.1, 0.15) is 42.9 Å². The molecule has 2 aliphatic heterocycles. The normalized spacial score (nSPS) is 21.9. The first kappa shape index (κ1) is 33.1. The summed E-state index contributed by atoms with van der Waals surface area (Å²) < 4.78 is 30.0. The summed E-state index contributed by atoms with van der Waals surface area (Å²) >= 11 is 1.86. The van der Waals surface area contributed by atoms with Crippen LogP contribution in [0.15, 0.2) is 42.5 Å². The zero-order valence-corrected chi connectivity index (χ0v) is 26.6. The van der Waals surface area contributed by atoms with Gasteiger partial charge >= 0.3 is 0 Å². The topological polar surface area (TPSA) is 81.7 Å². The van der Waals surface area contributed by atoms with E-state index in [0.717, 1.165) is 67.6 Å². The predicted octanol–water partition coefficient (Wildman–Crippen LogP) is 4.48. The summed E-state index contributed by atoms with van der Waals surface area (Å²) in [5, 5.41) is 13.4. The number of fused-ring (bicyclic) bond motifs is 1. The van der Waals surface area contributed by atoms with Gasteiger partial charge in [-0.25, -0.2) is 0 Å². The Bertz CT molecular complexity index is 1060. The van der Waals surface area contributed by atoms with Crippen LogP contribution in [0.3, 0.4) is 0 Å². The van der Waals surface area contributed by atoms with Crippen molar-refractivity contribution in [3.63, 3.8) is 0 Å². The number of rotatable bonds is 17. The lowest BCUT2D eigenvalue weighted by Crippen LogP contribution is -2.51. The van der Waals surface area contributed by atoms with Gasteiger partial charge in [-0.1, -0.05) is 37.3 Å². The lowest BCUT2D eigenvalue weighted by Gasteiger charge is -2.39. The lowest BCUT2D eigenvalue weighted by atomic mass is 9.85. The molecule has 4 rings (SSSR count). The minimum Gasteiger partial charge on any atom is -0.490 e. The third-order valence-electron chi connectivity index (χ3n) is 7.75.